The maximum Gasteiger partial charge on any atom is 0.323 e. The van der Waals surface area contributed by atoms with Crippen molar-refractivity contribution in [1.82, 2.24) is 18.6 Å². The highest BCUT2D eigenvalue weighted by Gasteiger charge is 2.36. The van der Waals surface area contributed by atoms with Crippen molar-refractivity contribution in [2.24, 2.45) is 6.98 Å². The first-order valence-electron chi connectivity index (χ1n) is 24.0. The number of rotatable bonds is 6. The standard InChI is InChI=1S/C59H44BN5O/c1-59(2,3)40-32-33-61-55(34-40)64-50-24-13-11-20-45(50)47-28-26-41(35-53(47)64)66-42-27-30-49-54(36-42)63-37-62(4)52-31-29-48-46-21-12-14-25-51(46)65(57(48)58(52)63)60(49)56-43(38-16-7-5-8-17-38)22-15-23-44(56)39-18-9-6-10-19-39/h5-36H,1-4H3/i4D3. The summed E-state index contributed by atoms with van der Waals surface area (Å²) in [6, 6.07) is 65.5. The van der Waals surface area contributed by atoms with E-state index in [2.05, 4.69) is 206 Å². The second-order valence-corrected chi connectivity index (χ2v) is 18.4. The van der Waals surface area contributed by atoms with Gasteiger partial charge in [0.1, 0.15) is 17.3 Å². The van der Waals surface area contributed by atoms with E-state index in [-0.39, 0.29) is 5.41 Å². The Kier molecular flexibility index (Phi) is 7.70. The Morgan fingerprint density at radius 3 is 1.95 bits per heavy atom. The molecular formula is C59H44BN5O. The van der Waals surface area contributed by atoms with Gasteiger partial charge in [0.2, 0.25) is 6.33 Å². The number of aryl methyl sites for hydroxylation is 1. The van der Waals surface area contributed by atoms with Gasteiger partial charge in [0.15, 0.2) is 0 Å². The molecule has 66 heavy (non-hydrogen) atoms. The Bertz CT molecular complexity index is 3980. The molecule has 6 nitrogen and oxygen atoms in total. The molecule has 0 aliphatic carbocycles. The smallest absolute Gasteiger partial charge is 0.323 e. The summed E-state index contributed by atoms with van der Waals surface area (Å²) in [6.45, 7) is 3.75. The minimum atomic E-state index is -2.50. The molecule has 1 aliphatic rings. The molecule has 8 aromatic carbocycles. The Labute approximate surface area is 387 Å². The van der Waals surface area contributed by atoms with Crippen LogP contribution in [-0.4, -0.2) is 25.4 Å². The van der Waals surface area contributed by atoms with Crippen LogP contribution in [-0.2, 0) is 12.4 Å². The number of fused-ring (bicyclic) bond motifs is 8. The first kappa shape index (κ1) is 35.2. The molecule has 0 atom stereocenters. The minimum absolute atomic E-state index is 0.0611. The minimum Gasteiger partial charge on any atom is -0.458 e. The lowest BCUT2D eigenvalue weighted by atomic mass is 9.47. The summed E-state index contributed by atoms with van der Waals surface area (Å²) in [5.41, 5.74) is 13.7. The lowest BCUT2D eigenvalue weighted by Crippen LogP contribution is -2.51. The van der Waals surface area contributed by atoms with Crippen molar-refractivity contribution in [2.75, 3.05) is 0 Å². The number of para-hydroxylation sites is 2. The molecular weight excluding hydrogens is 805 g/mol. The fraction of sp³-hybridized carbons (Fsp3) is 0.0847. The van der Waals surface area contributed by atoms with Crippen molar-refractivity contribution in [2.45, 2.75) is 26.2 Å². The molecule has 4 aromatic heterocycles. The molecule has 7 heteroatoms. The van der Waals surface area contributed by atoms with Gasteiger partial charge in [0, 0.05) is 39.5 Å². The number of benzene rings is 8. The molecule has 0 saturated heterocycles. The van der Waals surface area contributed by atoms with Crippen LogP contribution in [0.25, 0.3) is 88.4 Å². The van der Waals surface area contributed by atoms with Gasteiger partial charge in [0.25, 0.3) is 0 Å². The summed E-state index contributed by atoms with van der Waals surface area (Å²) in [6.07, 6.45) is 5.28. The summed E-state index contributed by atoms with van der Waals surface area (Å²) >= 11 is 0. The van der Waals surface area contributed by atoms with Crippen LogP contribution in [0.3, 0.4) is 0 Å². The lowest BCUT2D eigenvalue weighted by molar-refractivity contribution is -0.649. The average Bonchev–Trinajstić information content (AvgIpc) is 4.01. The van der Waals surface area contributed by atoms with Crippen molar-refractivity contribution in [1.29, 1.82) is 0 Å². The highest BCUT2D eigenvalue weighted by atomic mass is 16.5. The first-order chi connectivity index (χ1) is 33.5. The Balaban J connectivity index is 1.08. The van der Waals surface area contributed by atoms with Gasteiger partial charge in [-0.2, -0.15) is 0 Å². The van der Waals surface area contributed by atoms with Gasteiger partial charge in [-0.3, -0.25) is 4.57 Å². The van der Waals surface area contributed by atoms with Gasteiger partial charge in [-0.25, -0.2) is 4.98 Å². The summed E-state index contributed by atoms with van der Waals surface area (Å²) in [7, 11) is 0. The van der Waals surface area contributed by atoms with Crippen molar-refractivity contribution in [3.05, 3.63) is 206 Å². The van der Waals surface area contributed by atoms with Crippen LogP contribution >= 0.6 is 0 Å². The van der Waals surface area contributed by atoms with E-state index in [1.807, 2.05) is 29.0 Å². The van der Waals surface area contributed by atoms with E-state index in [1.54, 1.807) is 0 Å². The molecule has 12 aromatic rings. The molecule has 314 valence electrons. The number of hydrogen-bond donors (Lipinski definition) is 0. The Morgan fingerprint density at radius 1 is 0.591 bits per heavy atom. The molecule has 0 bridgehead atoms. The maximum atomic E-state index is 8.77. The Hall–Kier alpha value is -8.16. The van der Waals surface area contributed by atoms with Gasteiger partial charge in [-0.15, -0.1) is 0 Å². The second-order valence-electron chi connectivity index (χ2n) is 18.4. The van der Waals surface area contributed by atoms with Crippen molar-refractivity contribution < 1.29 is 13.4 Å². The third-order valence-electron chi connectivity index (χ3n) is 13.6. The molecule has 5 heterocycles. The molecule has 1 aliphatic heterocycles. The summed E-state index contributed by atoms with van der Waals surface area (Å²) in [5, 5.41) is 4.34. The Morgan fingerprint density at radius 2 is 1.23 bits per heavy atom. The van der Waals surface area contributed by atoms with Crippen molar-refractivity contribution in [3.8, 4) is 45.3 Å². The number of ether oxygens (including phenoxy) is 1. The highest BCUT2D eigenvalue weighted by molar-refractivity contribution is 6.88. The predicted molar refractivity (Wildman–Crippen MR) is 271 cm³/mol. The third kappa shape index (κ3) is 5.76. The van der Waals surface area contributed by atoms with Gasteiger partial charge in [-0.1, -0.05) is 154 Å². The second kappa shape index (κ2) is 14.4. The zero-order valence-corrected chi connectivity index (χ0v) is 36.7. The van der Waals surface area contributed by atoms with Crippen LogP contribution in [0, 0.1) is 6.33 Å². The number of hydrogen-bond acceptors (Lipinski definition) is 2. The number of aromatic nitrogens is 5. The van der Waals surface area contributed by atoms with Crippen molar-refractivity contribution in [3.63, 3.8) is 0 Å². The number of pyridine rings is 1. The fourth-order valence-corrected chi connectivity index (χ4v) is 10.5. The maximum absolute atomic E-state index is 8.77. The monoisotopic (exact) mass is 852 g/mol. The van der Waals surface area contributed by atoms with Crippen LogP contribution in [0.2, 0.25) is 0 Å². The van der Waals surface area contributed by atoms with Gasteiger partial charge >= 0.3 is 6.85 Å². The van der Waals surface area contributed by atoms with E-state index in [0.717, 1.165) is 93.8 Å². The SMILES string of the molecule is [2H]C([2H])([2H])[n+]1[c-]n2c3c4c(ccc31)c1ccccc1n4B(c1c(-c3ccccc3)cccc1-c1ccccc1)c1ccc(Oc3ccc4c5ccccc5n(-c5cc(C(C)(C)C)ccn5)c4c3)cc1-2. The molecule has 0 unspecified atom stereocenters. The molecule has 0 fully saturated rings. The van der Waals surface area contributed by atoms with Crippen LogP contribution in [0.1, 0.15) is 30.4 Å². The van der Waals surface area contributed by atoms with Crippen LogP contribution < -0.4 is 20.2 Å². The predicted octanol–water partition coefficient (Wildman–Crippen LogP) is 12.2. The fourth-order valence-electron chi connectivity index (χ4n) is 10.5. The normalized spacial score (nSPS) is 13.4. The van der Waals surface area contributed by atoms with Crippen LogP contribution in [0.15, 0.2) is 194 Å². The molecule has 13 rings (SSSR count). The van der Waals surface area contributed by atoms with Gasteiger partial charge < -0.3 is 18.3 Å². The zero-order chi connectivity index (χ0) is 46.8. The molecule has 0 radical (unpaired) electrons. The topological polar surface area (TPSA) is 40.8 Å². The lowest BCUT2D eigenvalue weighted by Gasteiger charge is -2.26. The summed E-state index contributed by atoms with van der Waals surface area (Å²) < 4.78 is 41.2. The molecule has 0 amide bonds. The summed E-state index contributed by atoms with van der Waals surface area (Å²) in [5.74, 6) is 2.09. The van der Waals surface area contributed by atoms with Crippen LogP contribution in [0.4, 0.5) is 0 Å². The van der Waals surface area contributed by atoms with E-state index in [9.17, 15) is 0 Å². The van der Waals surface area contributed by atoms with Crippen molar-refractivity contribution >= 4 is 72.4 Å². The number of imidazole rings is 1. The van der Waals surface area contributed by atoms with E-state index in [1.165, 1.54) is 10.1 Å². The van der Waals surface area contributed by atoms with E-state index in [0.29, 0.717) is 17.0 Å². The highest BCUT2D eigenvalue weighted by Crippen LogP contribution is 2.40. The summed E-state index contributed by atoms with van der Waals surface area (Å²) in [4.78, 5) is 4.91. The largest absolute Gasteiger partial charge is 0.458 e. The molecule has 0 N–H and O–H groups in total. The molecule has 0 saturated carbocycles. The first-order valence-corrected chi connectivity index (χ1v) is 22.5. The zero-order valence-electron chi connectivity index (χ0n) is 39.7. The third-order valence-corrected chi connectivity index (χ3v) is 13.6. The van der Waals surface area contributed by atoms with E-state index < -0.39 is 13.8 Å². The van der Waals surface area contributed by atoms with E-state index in [4.69, 9.17) is 13.8 Å². The van der Waals surface area contributed by atoms with Crippen LogP contribution in [0.5, 0.6) is 11.5 Å². The van der Waals surface area contributed by atoms with Gasteiger partial charge in [0.05, 0.1) is 38.8 Å². The van der Waals surface area contributed by atoms with E-state index >= 15 is 0 Å². The molecule has 0 spiro atoms. The van der Waals surface area contributed by atoms with Gasteiger partial charge in [-0.05, 0) is 98.1 Å². The number of nitrogens with zero attached hydrogens (tertiary/aromatic N) is 5. The average molecular weight is 853 g/mol. The quantitative estimate of drug-likeness (QED) is 0.0950.